The predicted octanol–water partition coefficient (Wildman–Crippen LogP) is -0.0452. The number of rotatable bonds is 6. The molecule has 0 aliphatic rings. The number of hydrogen-bond donors (Lipinski definition) is 3. The number of hydrogen-bond acceptors (Lipinski definition) is 3. The van der Waals surface area contributed by atoms with E-state index in [1.165, 1.54) is 0 Å². The Labute approximate surface area is 69.2 Å². The largest absolute Gasteiger partial charge is 0.395 e. The Morgan fingerprint density at radius 1 is 1.18 bits per heavy atom. The van der Waals surface area contributed by atoms with Gasteiger partial charge in [0, 0.05) is 18.6 Å². The van der Waals surface area contributed by atoms with Crippen LogP contribution in [0.1, 0.15) is 20.8 Å². The van der Waals surface area contributed by atoms with Crippen LogP contribution in [0.3, 0.4) is 0 Å². The molecule has 68 valence electrons. The Kier molecular flexibility index (Phi) is 6.51. The van der Waals surface area contributed by atoms with Gasteiger partial charge in [0.15, 0.2) is 0 Å². The molecule has 0 aromatic heterocycles. The fraction of sp³-hybridized carbons (Fsp3) is 1.00. The highest BCUT2D eigenvalue weighted by Crippen LogP contribution is 1.81. The molecule has 0 spiro atoms. The van der Waals surface area contributed by atoms with Gasteiger partial charge in [-0.15, -0.1) is 0 Å². The van der Waals surface area contributed by atoms with Crippen LogP contribution in [0.4, 0.5) is 0 Å². The molecule has 0 fully saturated rings. The minimum atomic E-state index is 0.205. The number of likely N-dealkylation sites (N-methyl/N-ethyl adjacent to an activating group) is 1. The van der Waals surface area contributed by atoms with E-state index in [0.717, 1.165) is 13.1 Å². The van der Waals surface area contributed by atoms with Crippen LogP contribution in [-0.2, 0) is 0 Å². The van der Waals surface area contributed by atoms with E-state index in [2.05, 4.69) is 24.5 Å². The van der Waals surface area contributed by atoms with Gasteiger partial charge in [0.1, 0.15) is 0 Å². The molecular formula is C8H20N2O. The molecule has 0 aromatic carbocycles. The zero-order valence-electron chi connectivity index (χ0n) is 7.72. The Hall–Kier alpha value is -0.120. The summed E-state index contributed by atoms with van der Waals surface area (Å²) in [6, 6.07) is 0.685. The quantitative estimate of drug-likeness (QED) is 0.510. The van der Waals surface area contributed by atoms with Crippen molar-refractivity contribution in [2.45, 2.75) is 32.9 Å². The molecule has 0 radical (unpaired) electrons. The number of nitrogens with one attached hydrogen (secondary N) is 2. The molecule has 3 heteroatoms. The van der Waals surface area contributed by atoms with Crippen LogP contribution in [-0.4, -0.2) is 36.9 Å². The van der Waals surface area contributed by atoms with Gasteiger partial charge in [-0.25, -0.2) is 0 Å². The third-order valence-corrected chi connectivity index (χ3v) is 1.60. The number of aliphatic hydroxyl groups is 1. The van der Waals surface area contributed by atoms with Gasteiger partial charge in [0.05, 0.1) is 6.61 Å². The number of aliphatic hydroxyl groups excluding tert-OH is 1. The lowest BCUT2D eigenvalue weighted by molar-refractivity contribution is 0.249. The molecule has 3 N–H and O–H groups in total. The van der Waals surface area contributed by atoms with Crippen molar-refractivity contribution in [3.05, 3.63) is 0 Å². The molecule has 3 nitrogen and oxygen atoms in total. The summed E-state index contributed by atoms with van der Waals surface area (Å²) in [5.74, 6) is 0. The second kappa shape index (κ2) is 6.58. The molecule has 0 aliphatic heterocycles. The van der Waals surface area contributed by atoms with Crippen molar-refractivity contribution in [2.75, 3.05) is 19.7 Å². The van der Waals surface area contributed by atoms with Gasteiger partial charge in [0.25, 0.3) is 0 Å². The normalized spacial score (nSPS) is 16.4. The van der Waals surface area contributed by atoms with Crippen LogP contribution < -0.4 is 10.6 Å². The Bertz CT molecular complexity index is 88.2. The van der Waals surface area contributed by atoms with Gasteiger partial charge in [-0.05, 0) is 20.4 Å². The summed E-state index contributed by atoms with van der Waals surface area (Å²) in [5, 5.41) is 15.2. The third-order valence-electron chi connectivity index (χ3n) is 1.60. The minimum Gasteiger partial charge on any atom is -0.395 e. The van der Waals surface area contributed by atoms with E-state index in [9.17, 15) is 0 Å². The highest BCUT2D eigenvalue weighted by molar-refractivity contribution is 4.66. The van der Waals surface area contributed by atoms with E-state index < -0.39 is 0 Å². The Morgan fingerprint density at radius 2 is 1.82 bits per heavy atom. The first-order chi connectivity index (χ1) is 5.20. The molecule has 2 atom stereocenters. The SMILES string of the molecule is CCNC(C)CNC(C)CO. The van der Waals surface area contributed by atoms with Gasteiger partial charge >= 0.3 is 0 Å². The molecule has 0 heterocycles. The lowest BCUT2D eigenvalue weighted by Gasteiger charge is -2.16. The average molecular weight is 160 g/mol. The predicted molar refractivity (Wildman–Crippen MR) is 47.7 cm³/mol. The summed E-state index contributed by atoms with van der Waals surface area (Å²) >= 11 is 0. The molecule has 0 amide bonds. The molecule has 0 aliphatic carbocycles. The highest BCUT2D eigenvalue weighted by atomic mass is 16.3. The van der Waals surface area contributed by atoms with E-state index in [0.29, 0.717) is 6.04 Å². The molecule has 0 rings (SSSR count). The summed E-state index contributed by atoms with van der Waals surface area (Å²) in [6.45, 7) is 8.30. The first kappa shape index (κ1) is 10.9. The summed E-state index contributed by atoms with van der Waals surface area (Å²) in [6.07, 6.45) is 0. The van der Waals surface area contributed by atoms with Crippen molar-refractivity contribution in [3.63, 3.8) is 0 Å². The Morgan fingerprint density at radius 3 is 2.27 bits per heavy atom. The average Bonchev–Trinajstić information content (AvgIpc) is 2.01. The topological polar surface area (TPSA) is 44.3 Å². The Balaban J connectivity index is 3.22. The van der Waals surface area contributed by atoms with Crippen molar-refractivity contribution in [1.82, 2.24) is 10.6 Å². The van der Waals surface area contributed by atoms with Crippen LogP contribution in [0.15, 0.2) is 0 Å². The standard InChI is InChI=1S/C8H20N2O/c1-4-9-7(2)5-10-8(3)6-11/h7-11H,4-6H2,1-3H3. The van der Waals surface area contributed by atoms with Crippen LogP contribution >= 0.6 is 0 Å². The third kappa shape index (κ3) is 6.28. The van der Waals surface area contributed by atoms with Gasteiger partial charge in [0.2, 0.25) is 0 Å². The molecule has 0 saturated carbocycles. The zero-order chi connectivity index (χ0) is 8.69. The maximum Gasteiger partial charge on any atom is 0.0581 e. The van der Waals surface area contributed by atoms with Gasteiger partial charge < -0.3 is 15.7 Å². The second-order valence-corrected chi connectivity index (χ2v) is 2.95. The first-order valence-electron chi connectivity index (χ1n) is 4.28. The molecule has 0 saturated heterocycles. The van der Waals surface area contributed by atoms with Gasteiger partial charge in [-0.3, -0.25) is 0 Å². The summed E-state index contributed by atoms with van der Waals surface area (Å²) in [4.78, 5) is 0. The summed E-state index contributed by atoms with van der Waals surface area (Å²) in [7, 11) is 0. The van der Waals surface area contributed by atoms with Crippen LogP contribution in [0.2, 0.25) is 0 Å². The van der Waals surface area contributed by atoms with Crippen molar-refractivity contribution < 1.29 is 5.11 Å². The van der Waals surface area contributed by atoms with Crippen LogP contribution in [0.5, 0.6) is 0 Å². The van der Waals surface area contributed by atoms with Gasteiger partial charge in [-0.1, -0.05) is 6.92 Å². The van der Waals surface area contributed by atoms with Crippen molar-refractivity contribution in [3.8, 4) is 0 Å². The zero-order valence-corrected chi connectivity index (χ0v) is 7.72. The van der Waals surface area contributed by atoms with E-state index >= 15 is 0 Å². The highest BCUT2D eigenvalue weighted by Gasteiger charge is 2.01. The van der Waals surface area contributed by atoms with E-state index in [4.69, 9.17) is 5.11 Å². The molecule has 0 aromatic rings. The second-order valence-electron chi connectivity index (χ2n) is 2.95. The first-order valence-corrected chi connectivity index (χ1v) is 4.28. The lowest BCUT2D eigenvalue weighted by Crippen LogP contribution is -2.40. The van der Waals surface area contributed by atoms with E-state index in [1.54, 1.807) is 0 Å². The summed E-state index contributed by atoms with van der Waals surface area (Å²) in [5.41, 5.74) is 0. The summed E-state index contributed by atoms with van der Waals surface area (Å²) < 4.78 is 0. The van der Waals surface area contributed by atoms with Crippen molar-refractivity contribution >= 4 is 0 Å². The molecule has 0 bridgehead atoms. The minimum absolute atomic E-state index is 0.205. The van der Waals surface area contributed by atoms with Crippen molar-refractivity contribution in [1.29, 1.82) is 0 Å². The smallest absolute Gasteiger partial charge is 0.0581 e. The lowest BCUT2D eigenvalue weighted by atomic mass is 10.3. The fourth-order valence-electron chi connectivity index (χ4n) is 0.863. The van der Waals surface area contributed by atoms with Gasteiger partial charge in [-0.2, -0.15) is 0 Å². The molecular weight excluding hydrogens is 140 g/mol. The van der Waals surface area contributed by atoms with E-state index in [-0.39, 0.29) is 12.6 Å². The molecule has 11 heavy (non-hydrogen) atoms. The molecule has 2 unspecified atom stereocenters. The van der Waals surface area contributed by atoms with Crippen molar-refractivity contribution in [2.24, 2.45) is 0 Å². The van der Waals surface area contributed by atoms with E-state index in [1.807, 2.05) is 6.92 Å². The van der Waals surface area contributed by atoms with Crippen LogP contribution in [0.25, 0.3) is 0 Å². The fourth-order valence-corrected chi connectivity index (χ4v) is 0.863. The maximum atomic E-state index is 8.69. The van der Waals surface area contributed by atoms with Crippen LogP contribution in [0, 0.1) is 0 Å². The monoisotopic (exact) mass is 160 g/mol. The maximum absolute atomic E-state index is 8.69.